The molecular weight excluding hydrogens is 869 g/mol. The largest absolute Gasteiger partial charge is 0.449 e. The molecule has 0 saturated heterocycles. The molecule has 4 aromatic rings. The number of carbonyl (C=O) groups excluding carboxylic acids is 5. The first-order valence-corrected chi connectivity index (χ1v) is 24.9. The fourth-order valence-corrected chi connectivity index (χ4v) is 13.6. The van der Waals surface area contributed by atoms with E-state index < -0.39 is 52.6 Å². The minimum Gasteiger partial charge on any atom is -0.449 e. The third-order valence-electron chi connectivity index (χ3n) is 17.0. The molecular formula is C57H68N4O8. The van der Waals surface area contributed by atoms with Gasteiger partial charge < -0.3 is 25.2 Å². The SMILES string of the molecule is CC(C)(C)OC(=O)Nc1ccc2c(c1)[C@@]1(C)CCC[C@](C)(C(=O)NC(=O)[C@@]3(C)CCC[C@]4(C)c5cc(NC(=O)C(CO)NC(=O)OCC6c7ccccc7-c7ccccc76)ccc5CC[C@@H]34)[C@@H]1CC2. The van der Waals surface area contributed by atoms with Gasteiger partial charge in [0.2, 0.25) is 17.7 Å². The third-order valence-corrected chi connectivity index (χ3v) is 17.0. The lowest BCUT2D eigenvalue weighted by atomic mass is 9.49. The zero-order valence-electron chi connectivity index (χ0n) is 41.2. The third kappa shape index (κ3) is 8.72. The summed E-state index contributed by atoms with van der Waals surface area (Å²) in [4.78, 5) is 69.2. The molecule has 5 aliphatic rings. The van der Waals surface area contributed by atoms with Crippen LogP contribution in [0.2, 0.25) is 0 Å². The lowest BCUT2D eigenvalue weighted by molar-refractivity contribution is -0.150. The van der Waals surface area contributed by atoms with Gasteiger partial charge in [0.05, 0.1) is 17.4 Å². The molecule has 364 valence electrons. The van der Waals surface area contributed by atoms with E-state index in [2.05, 4.69) is 59.4 Å². The number of benzene rings is 4. The van der Waals surface area contributed by atoms with Gasteiger partial charge in [0.15, 0.2) is 0 Å². The Kier molecular flexibility index (Phi) is 12.6. The number of alkyl carbamates (subject to hydrolysis) is 1. The van der Waals surface area contributed by atoms with Crippen LogP contribution < -0.4 is 21.3 Å². The van der Waals surface area contributed by atoms with Gasteiger partial charge in [0.1, 0.15) is 18.2 Å². The fourth-order valence-electron chi connectivity index (χ4n) is 13.6. The second kappa shape index (κ2) is 18.1. The molecule has 5 amide bonds. The highest BCUT2D eigenvalue weighted by Crippen LogP contribution is 2.60. The molecule has 0 spiro atoms. The highest BCUT2D eigenvalue weighted by Gasteiger charge is 2.58. The summed E-state index contributed by atoms with van der Waals surface area (Å²) in [6, 6.07) is 26.7. The number of hydrogen-bond acceptors (Lipinski definition) is 8. The van der Waals surface area contributed by atoms with Crippen molar-refractivity contribution in [1.82, 2.24) is 10.6 Å². The minimum atomic E-state index is -1.26. The Labute approximate surface area is 406 Å². The van der Waals surface area contributed by atoms with Crippen LogP contribution in [-0.4, -0.2) is 59.9 Å². The average molecular weight is 937 g/mol. The number of amides is 5. The predicted octanol–water partition coefficient (Wildman–Crippen LogP) is 10.2. The Hall–Kier alpha value is -6.01. The maximum atomic E-state index is 14.8. The number of imide groups is 1. The van der Waals surface area contributed by atoms with Crippen molar-refractivity contribution in [2.24, 2.45) is 22.7 Å². The van der Waals surface area contributed by atoms with Crippen LogP contribution in [0.25, 0.3) is 11.1 Å². The molecule has 0 heterocycles. The van der Waals surface area contributed by atoms with Crippen molar-refractivity contribution < 1.29 is 38.6 Å². The maximum absolute atomic E-state index is 14.8. The van der Waals surface area contributed by atoms with Crippen molar-refractivity contribution in [2.75, 3.05) is 23.8 Å². The van der Waals surface area contributed by atoms with Crippen LogP contribution in [0.1, 0.15) is 139 Å². The zero-order valence-corrected chi connectivity index (χ0v) is 41.2. The minimum absolute atomic E-state index is 0.0185. The van der Waals surface area contributed by atoms with E-state index in [1.165, 1.54) is 5.56 Å². The second-order valence-electron chi connectivity index (χ2n) is 22.4. The van der Waals surface area contributed by atoms with Gasteiger partial charge in [-0.3, -0.25) is 25.0 Å². The van der Waals surface area contributed by atoms with Crippen molar-refractivity contribution in [3.8, 4) is 11.1 Å². The number of fused-ring (bicyclic) bond motifs is 9. The van der Waals surface area contributed by atoms with Crippen LogP contribution in [0.3, 0.4) is 0 Å². The number of carbonyl (C=O) groups is 5. The van der Waals surface area contributed by atoms with E-state index >= 15 is 0 Å². The van der Waals surface area contributed by atoms with E-state index in [1.807, 2.05) is 95.3 Å². The predicted molar refractivity (Wildman–Crippen MR) is 266 cm³/mol. The molecule has 0 aromatic heterocycles. The van der Waals surface area contributed by atoms with Crippen LogP contribution in [-0.2, 0) is 47.5 Å². The van der Waals surface area contributed by atoms with Crippen molar-refractivity contribution in [3.05, 3.63) is 118 Å². The first-order valence-electron chi connectivity index (χ1n) is 24.9. The summed E-state index contributed by atoms with van der Waals surface area (Å²) in [6.07, 6.45) is 6.49. The monoisotopic (exact) mass is 937 g/mol. The van der Waals surface area contributed by atoms with Crippen molar-refractivity contribution in [3.63, 3.8) is 0 Å². The number of nitrogens with one attached hydrogen (secondary N) is 4. The number of aliphatic hydroxyl groups is 1. The molecule has 5 aliphatic carbocycles. The molecule has 0 bridgehead atoms. The van der Waals surface area contributed by atoms with E-state index in [0.29, 0.717) is 24.2 Å². The van der Waals surface area contributed by atoms with Gasteiger partial charge in [-0.1, -0.05) is 101 Å². The normalized spacial score (nSPS) is 27.1. The van der Waals surface area contributed by atoms with E-state index in [1.54, 1.807) is 0 Å². The summed E-state index contributed by atoms with van der Waals surface area (Å²) in [7, 11) is 0. The first-order chi connectivity index (χ1) is 32.8. The molecule has 2 fully saturated rings. The smallest absolute Gasteiger partial charge is 0.412 e. The fraction of sp³-hybridized carbons (Fsp3) is 0.491. The summed E-state index contributed by atoms with van der Waals surface area (Å²) >= 11 is 0. The van der Waals surface area contributed by atoms with Gasteiger partial charge in [0, 0.05) is 17.3 Å². The van der Waals surface area contributed by atoms with Crippen LogP contribution in [0.15, 0.2) is 84.9 Å². The molecule has 7 atom stereocenters. The molecule has 5 N–H and O–H groups in total. The molecule has 9 rings (SSSR count). The average Bonchev–Trinajstić information content (AvgIpc) is 3.62. The van der Waals surface area contributed by atoms with Crippen LogP contribution >= 0.6 is 0 Å². The van der Waals surface area contributed by atoms with E-state index in [-0.39, 0.29) is 41.6 Å². The summed E-state index contributed by atoms with van der Waals surface area (Å²) < 4.78 is 11.2. The van der Waals surface area contributed by atoms with Gasteiger partial charge in [-0.15, -0.1) is 0 Å². The highest BCUT2D eigenvalue weighted by atomic mass is 16.6. The van der Waals surface area contributed by atoms with Gasteiger partial charge in [-0.05, 0) is 164 Å². The van der Waals surface area contributed by atoms with Crippen molar-refractivity contribution in [2.45, 2.75) is 141 Å². The number of aliphatic hydroxyl groups excluding tert-OH is 1. The molecule has 12 heteroatoms. The van der Waals surface area contributed by atoms with E-state index in [0.717, 1.165) is 90.3 Å². The van der Waals surface area contributed by atoms with Gasteiger partial charge >= 0.3 is 12.2 Å². The standard InChI is InChI=1S/C57H68N4O8/c1-53(2,3)69-52(67)59-37-23-19-35-21-25-47-55(5,44(35)31-37)27-13-29-57(47,7)50(65)61-49(64)56(6)28-12-26-54(4)43-30-36(22-18-34(43)20-24-46(54)56)58-48(63)45(32-62)60-51(66)68-33-42-40-16-10-8-14-38(40)39-15-9-11-17-41(39)42/h8-11,14-19,22-23,30-31,42,45-47,62H,12-13,20-21,24-29,32-33H2,1-7H3,(H,58,63)(H,59,67)(H,60,66)(H,61,64,65)/t45?,46-,47-,54-,55-,56+,57+/m1/s1. The summed E-state index contributed by atoms with van der Waals surface area (Å²) in [5, 5.41) is 21.7. The van der Waals surface area contributed by atoms with Crippen LogP contribution in [0.5, 0.6) is 0 Å². The second-order valence-corrected chi connectivity index (χ2v) is 22.4. The number of anilines is 2. The van der Waals surface area contributed by atoms with E-state index in [4.69, 9.17) is 9.47 Å². The van der Waals surface area contributed by atoms with Crippen molar-refractivity contribution in [1.29, 1.82) is 0 Å². The molecule has 4 aromatic carbocycles. The van der Waals surface area contributed by atoms with Crippen molar-refractivity contribution >= 4 is 41.3 Å². The Bertz CT molecular complexity index is 2660. The molecule has 0 radical (unpaired) electrons. The van der Waals surface area contributed by atoms with E-state index in [9.17, 15) is 29.1 Å². The van der Waals surface area contributed by atoms with Crippen LogP contribution in [0.4, 0.5) is 21.0 Å². The van der Waals surface area contributed by atoms with Gasteiger partial charge in [0.25, 0.3) is 0 Å². The van der Waals surface area contributed by atoms with Gasteiger partial charge in [-0.2, -0.15) is 0 Å². The Balaban J connectivity index is 0.863. The quantitative estimate of drug-likeness (QED) is 0.103. The Morgan fingerprint density at radius 1 is 0.667 bits per heavy atom. The topological polar surface area (TPSA) is 172 Å². The summed E-state index contributed by atoms with van der Waals surface area (Å²) in [5.41, 5.74) is 7.08. The Morgan fingerprint density at radius 2 is 1.16 bits per heavy atom. The highest BCUT2D eigenvalue weighted by molar-refractivity contribution is 6.01. The molecule has 2 saturated carbocycles. The van der Waals surface area contributed by atoms with Gasteiger partial charge in [-0.25, -0.2) is 9.59 Å². The van der Waals surface area contributed by atoms with Crippen LogP contribution in [0, 0.1) is 22.7 Å². The molecule has 0 aliphatic heterocycles. The molecule has 1 unspecified atom stereocenters. The number of hydrogen-bond donors (Lipinski definition) is 5. The first kappa shape index (κ1) is 48.0. The number of ether oxygens (including phenoxy) is 2. The molecule has 69 heavy (non-hydrogen) atoms. The lowest BCUT2D eigenvalue weighted by Crippen LogP contribution is -2.60. The number of rotatable bonds is 9. The maximum Gasteiger partial charge on any atom is 0.412 e. The summed E-state index contributed by atoms with van der Waals surface area (Å²) in [6.45, 7) is 13.5. The number of aryl methyl sites for hydroxylation is 2. The zero-order chi connectivity index (χ0) is 49.1. The summed E-state index contributed by atoms with van der Waals surface area (Å²) in [5.74, 6) is -1.27. The lowest BCUT2D eigenvalue weighted by Gasteiger charge is -2.56. The Morgan fingerprint density at radius 3 is 1.65 bits per heavy atom. The molecule has 12 nitrogen and oxygen atoms in total.